The average Bonchev–Trinajstić information content (AvgIpc) is 3.16. The smallest absolute Gasteiger partial charge is 0.342 e. The summed E-state index contributed by atoms with van der Waals surface area (Å²) >= 11 is 1.05. The predicted octanol–water partition coefficient (Wildman–Crippen LogP) is 3.60. The molecule has 0 aliphatic rings. The van der Waals surface area contributed by atoms with Crippen LogP contribution in [0.1, 0.15) is 12.5 Å². The van der Waals surface area contributed by atoms with Crippen LogP contribution in [0.15, 0.2) is 52.8 Å². The maximum Gasteiger partial charge on any atom is 0.342 e. The molecule has 0 aliphatic carbocycles. The van der Waals surface area contributed by atoms with Crippen LogP contribution in [-0.4, -0.2) is 45.0 Å². The molecule has 3 aromatic rings. The first-order chi connectivity index (χ1) is 14.0. The van der Waals surface area contributed by atoms with Gasteiger partial charge in [0.1, 0.15) is 16.4 Å². The molecule has 0 saturated heterocycles. The third-order valence-corrected chi connectivity index (χ3v) is 5.06. The number of methoxy groups -OCH3 is 2. The van der Waals surface area contributed by atoms with Gasteiger partial charge in [-0.2, -0.15) is 0 Å². The number of hydrogen-bond acceptors (Lipinski definition) is 7. The first kappa shape index (κ1) is 20.4. The number of nitrogens with zero attached hydrogens (tertiary/aromatic N) is 4. The predicted molar refractivity (Wildman–Crippen MR) is 110 cm³/mol. The lowest BCUT2D eigenvalue weighted by molar-refractivity contribution is -0.131. The highest BCUT2D eigenvalue weighted by molar-refractivity contribution is 8.04. The number of hydrogen-bond donors (Lipinski definition) is 1. The summed E-state index contributed by atoms with van der Waals surface area (Å²) in [4.78, 5) is 15.8. The highest BCUT2D eigenvalue weighted by Gasteiger charge is 2.19. The van der Waals surface area contributed by atoms with Crippen molar-refractivity contribution in [2.75, 3.05) is 14.2 Å². The zero-order chi connectivity index (χ0) is 20.8. The first-order valence-electron chi connectivity index (χ1n) is 8.75. The van der Waals surface area contributed by atoms with E-state index in [0.29, 0.717) is 29.0 Å². The van der Waals surface area contributed by atoms with E-state index < -0.39 is 5.97 Å². The van der Waals surface area contributed by atoms with Gasteiger partial charge in [-0.15, -0.1) is 10.2 Å². The van der Waals surface area contributed by atoms with Crippen molar-refractivity contribution in [1.29, 1.82) is 0 Å². The fraction of sp³-hybridized carbons (Fsp3) is 0.200. The summed E-state index contributed by atoms with van der Waals surface area (Å²) in [5, 5.41) is 18.6. The van der Waals surface area contributed by atoms with Crippen molar-refractivity contribution in [2.24, 2.45) is 0 Å². The van der Waals surface area contributed by atoms with Crippen LogP contribution in [0.5, 0.6) is 11.5 Å². The van der Waals surface area contributed by atoms with Gasteiger partial charge < -0.3 is 19.1 Å². The molecule has 0 radical (unpaired) electrons. The van der Waals surface area contributed by atoms with Gasteiger partial charge in [0.25, 0.3) is 0 Å². The third kappa shape index (κ3) is 4.75. The molecule has 8 nitrogen and oxygen atoms in total. The number of pyridine rings is 1. The lowest BCUT2D eigenvalue weighted by atomic mass is 10.2. The Morgan fingerprint density at radius 1 is 1.14 bits per heavy atom. The van der Waals surface area contributed by atoms with Gasteiger partial charge in [0.05, 0.1) is 14.2 Å². The molecule has 0 unspecified atom stereocenters. The van der Waals surface area contributed by atoms with Crippen molar-refractivity contribution >= 4 is 23.8 Å². The number of thioether (sulfide) groups is 1. The topological polar surface area (TPSA) is 99.4 Å². The minimum Gasteiger partial charge on any atom is -0.497 e. The molecule has 0 spiro atoms. The first-order valence-corrected chi connectivity index (χ1v) is 9.56. The summed E-state index contributed by atoms with van der Waals surface area (Å²) in [5.74, 6) is 0.814. The molecular weight excluding hydrogens is 392 g/mol. The zero-order valence-corrected chi connectivity index (χ0v) is 17.0. The number of rotatable bonds is 8. The number of ether oxygens (including phenoxy) is 2. The van der Waals surface area contributed by atoms with Gasteiger partial charge >= 0.3 is 5.97 Å². The van der Waals surface area contributed by atoms with Crippen molar-refractivity contribution in [1.82, 2.24) is 19.7 Å². The lowest BCUT2D eigenvalue weighted by Gasteiger charge is -2.10. The summed E-state index contributed by atoms with van der Waals surface area (Å²) < 4.78 is 12.5. The van der Waals surface area contributed by atoms with Crippen LogP contribution in [0.3, 0.4) is 0 Å². The number of carboxylic acid groups (broad SMARTS) is 1. The van der Waals surface area contributed by atoms with Crippen molar-refractivity contribution < 1.29 is 19.4 Å². The molecule has 150 valence electrons. The van der Waals surface area contributed by atoms with E-state index in [0.717, 1.165) is 22.9 Å². The fourth-order valence-electron chi connectivity index (χ4n) is 2.64. The molecule has 0 saturated carbocycles. The Labute approximate surface area is 172 Å². The quantitative estimate of drug-likeness (QED) is 0.443. The highest BCUT2D eigenvalue weighted by Crippen LogP contribution is 2.33. The van der Waals surface area contributed by atoms with E-state index in [1.54, 1.807) is 50.9 Å². The second kappa shape index (κ2) is 9.24. The summed E-state index contributed by atoms with van der Waals surface area (Å²) in [6.45, 7) is 2.51. The van der Waals surface area contributed by atoms with Gasteiger partial charge in [0.2, 0.25) is 0 Å². The molecule has 29 heavy (non-hydrogen) atoms. The van der Waals surface area contributed by atoms with Crippen LogP contribution in [-0.2, 0) is 11.3 Å². The van der Waals surface area contributed by atoms with Gasteiger partial charge in [-0.25, -0.2) is 4.79 Å². The minimum atomic E-state index is -1.04. The number of aliphatic carboxylic acids is 1. The molecule has 0 aliphatic heterocycles. The van der Waals surface area contributed by atoms with Crippen molar-refractivity contribution in [3.8, 4) is 22.9 Å². The standard InChI is InChI=1S/C20H20N4O4S/c1-4-24-18(14-10-15(27-2)12-16(11-14)28-3)22-23-20(24)29-17(19(25)26)9-13-5-7-21-8-6-13/h5-12H,4H2,1-3H3,(H,25,26)/b17-9-. The molecule has 9 heteroatoms. The Kier molecular flexibility index (Phi) is 6.50. The molecule has 0 bridgehead atoms. The number of aromatic nitrogens is 4. The van der Waals surface area contributed by atoms with E-state index in [4.69, 9.17) is 9.47 Å². The van der Waals surface area contributed by atoms with Crippen LogP contribution in [0.25, 0.3) is 17.5 Å². The van der Waals surface area contributed by atoms with Gasteiger partial charge in [-0.05, 0) is 54.6 Å². The molecule has 3 rings (SSSR count). The molecule has 0 amide bonds. The van der Waals surface area contributed by atoms with Crippen LogP contribution in [0.2, 0.25) is 0 Å². The fourth-order valence-corrected chi connectivity index (χ4v) is 3.53. The Morgan fingerprint density at radius 2 is 1.79 bits per heavy atom. The molecule has 0 fully saturated rings. The maximum absolute atomic E-state index is 11.8. The SMILES string of the molecule is CCn1c(S/C(=C\c2ccncc2)C(=O)O)nnc1-c1cc(OC)cc(OC)c1. The summed E-state index contributed by atoms with van der Waals surface area (Å²) in [5.41, 5.74) is 1.50. The molecule has 1 N–H and O–H groups in total. The van der Waals surface area contributed by atoms with E-state index >= 15 is 0 Å². The molecule has 1 aromatic carbocycles. The Bertz CT molecular complexity index is 1010. The zero-order valence-electron chi connectivity index (χ0n) is 16.2. The number of carbonyl (C=O) groups is 1. The van der Waals surface area contributed by atoms with Crippen LogP contribution < -0.4 is 9.47 Å². The largest absolute Gasteiger partial charge is 0.497 e. The van der Waals surface area contributed by atoms with Crippen molar-refractivity contribution in [3.05, 3.63) is 53.2 Å². The molecule has 0 atom stereocenters. The van der Waals surface area contributed by atoms with Crippen molar-refractivity contribution in [3.63, 3.8) is 0 Å². The maximum atomic E-state index is 11.8. The van der Waals surface area contributed by atoms with Gasteiger partial charge in [0, 0.05) is 30.6 Å². The Hall–Kier alpha value is -3.33. The van der Waals surface area contributed by atoms with E-state index in [1.165, 1.54) is 0 Å². The monoisotopic (exact) mass is 412 g/mol. The van der Waals surface area contributed by atoms with Crippen LogP contribution in [0, 0.1) is 0 Å². The van der Waals surface area contributed by atoms with Crippen LogP contribution in [0.4, 0.5) is 0 Å². The van der Waals surface area contributed by atoms with Crippen molar-refractivity contribution in [2.45, 2.75) is 18.6 Å². The van der Waals surface area contributed by atoms with E-state index in [2.05, 4.69) is 15.2 Å². The minimum absolute atomic E-state index is 0.132. The third-order valence-electron chi connectivity index (χ3n) is 4.06. The number of carboxylic acids is 1. The second-order valence-electron chi connectivity index (χ2n) is 5.85. The number of benzene rings is 1. The molecule has 2 aromatic heterocycles. The lowest BCUT2D eigenvalue weighted by Crippen LogP contribution is -2.03. The Balaban J connectivity index is 1.99. The van der Waals surface area contributed by atoms with Gasteiger partial charge in [-0.1, -0.05) is 0 Å². The summed E-state index contributed by atoms with van der Waals surface area (Å²) in [7, 11) is 3.15. The normalized spacial score (nSPS) is 11.3. The van der Waals surface area contributed by atoms with Gasteiger partial charge in [-0.3, -0.25) is 4.98 Å². The Morgan fingerprint density at radius 3 is 2.34 bits per heavy atom. The van der Waals surface area contributed by atoms with E-state index in [1.807, 2.05) is 23.6 Å². The second-order valence-corrected chi connectivity index (χ2v) is 6.86. The average molecular weight is 412 g/mol. The molecular formula is C20H20N4O4S. The van der Waals surface area contributed by atoms with E-state index in [9.17, 15) is 9.90 Å². The van der Waals surface area contributed by atoms with E-state index in [-0.39, 0.29) is 4.91 Å². The molecule has 2 heterocycles. The highest BCUT2D eigenvalue weighted by atomic mass is 32.2. The summed E-state index contributed by atoms with van der Waals surface area (Å²) in [6.07, 6.45) is 4.80. The van der Waals surface area contributed by atoms with Crippen LogP contribution >= 0.6 is 11.8 Å². The summed E-state index contributed by atoms with van der Waals surface area (Å²) in [6, 6.07) is 8.91. The van der Waals surface area contributed by atoms with Gasteiger partial charge in [0.15, 0.2) is 11.0 Å².